The van der Waals surface area contributed by atoms with Crippen LogP contribution in [-0.2, 0) is 9.53 Å². The van der Waals surface area contributed by atoms with E-state index < -0.39 is 0 Å². The Labute approximate surface area is 111 Å². The second kappa shape index (κ2) is 11.4. The minimum atomic E-state index is 0.103. The van der Waals surface area contributed by atoms with Crippen molar-refractivity contribution in [2.75, 3.05) is 33.4 Å². The first-order chi connectivity index (χ1) is 8.60. The zero-order valence-electron chi connectivity index (χ0n) is 12.0. The molecule has 0 fully saturated rings. The fourth-order valence-corrected chi connectivity index (χ4v) is 1.61. The van der Waals surface area contributed by atoms with Gasteiger partial charge in [-0.15, -0.1) is 0 Å². The standard InChI is InChI=1S/C13H29N3O2/c1-11(2)9-16-13(17)6-8-15-12(10-18-3)5-4-7-14/h11-12,15H,4-10,14H2,1-3H3,(H,16,17). The van der Waals surface area contributed by atoms with E-state index in [4.69, 9.17) is 10.5 Å². The maximum absolute atomic E-state index is 11.5. The van der Waals surface area contributed by atoms with E-state index >= 15 is 0 Å². The van der Waals surface area contributed by atoms with Gasteiger partial charge in [0, 0.05) is 32.7 Å². The van der Waals surface area contributed by atoms with Crippen LogP contribution in [0.4, 0.5) is 0 Å². The number of hydrogen-bond acceptors (Lipinski definition) is 4. The van der Waals surface area contributed by atoms with Gasteiger partial charge in [0.2, 0.25) is 5.91 Å². The van der Waals surface area contributed by atoms with E-state index in [-0.39, 0.29) is 11.9 Å². The largest absolute Gasteiger partial charge is 0.383 e. The Morgan fingerprint density at radius 3 is 2.67 bits per heavy atom. The van der Waals surface area contributed by atoms with Crippen LogP contribution in [-0.4, -0.2) is 45.3 Å². The summed E-state index contributed by atoms with van der Waals surface area (Å²) in [6.07, 6.45) is 2.47. The summed E-state index contributed by atoms with van der Waals surface area (Å²) in [5.41, 5.74) is 5.48. The van der Waals surface area contributed by atoms with Gasteiger partial charge in [0.15, 0.2) is 0 Å². The van der Waals surface area contributed by atoms with Crippen LogP contribution in [0, 0.1) is 5.92 Å². The van der Waals surface area contributed by atoms with E-state index in [1.807, 2.05) is 0 Å². The molecule has 0 saturated carbocycles. The highest BCUT2D eigenvalue weighted by molar-refractivity contribution is 5.76. The average molecular weight is 259 g/mol. The summed E-state index contributed by atoms with van der Waals surface area (Å²) in [6.45, 7) is 6.94. The van der Waals surface area contributed by atoms with Crippen LogP contribution in [0.1, 0.15) is 33.1 Å². The molecule has 5 nitrogen and oxygen atoms in total. The summed E-state index contributed by atoms with van der Waals surface area (Å²) in [5.74, 6) is 0.596. The van der Waals surface area contributed by atoms with E-state index in [0.717, 1.165) is 19.4 Å². The number of carbonyl (C=O) groups is 1. The van der Waals surface area contributed by atoms with Gasteiger partial charge in [-0.1, -0.05) is 13.8 Å². The molecule has 0 aliphatic heterocycles. The molecule has 0 saturated heterocycles. The zero-order valence-corrected chi connectivity index (χ0v) is 12.0. The second-order valence-electron chi connectivity index (χ2n) is 4.99. The molecule has 0 spiro atoms. The van der Waals surface area contributed by atoms with Crippen molar-refractivity contribution in [3.8, 4) is 0 Å². The molecule has 0 aromatic heterocycles. The summed E-state index contributed by atoms with van der Waals surface area (Å²) in [4.78, 5) is 11.5. The Kier molecular flexibility index (Phi) is 11.0. The first-order valence-corrected chi connectivity index (χ1v) is 6.79. The highest BCUT2D eigenvalue weighted by atomic mass is 16.5. The van der Waals surface area contributed by atoms with Crippen LogP contribution in [0.5, 0.6) is 0 Å². The predicted molar refractivity (Wildman–Crippen MR) is 74.4 cm³/mol. The molecule has 18 heavy (non-hydrogen) atoms. The van der Waals surface area contributed by atoms with E-state index in [0.29, 0.717) is 32.0 Å². The summed E-state index contributed by atoms with van der Waals surface area (Å²) >= 11 is 0. The highest BCUT2D eigenvalue weighted by Crippen LogP contribution is 1.97. The predicted octanol–water partition coefficient (Wildman–Crippen LogP) is 0.492. The van der Waals surface area contributed by atoms with Gasteiger partial charge in [0.1, 0.15) is 0 Å². The molecular formula is C13H29N3O2. The van der Waals surface area contributed by atoms with Gasteiger partial charge in [-0.25, -0.2) is 0 Å². The lowest BCUT2D eigenvalue weighted by atomic mass is 10.1. The van der Waals surface area contributed by atoms with Gasteiger partial charge in [0.05, 0.1) is 6.61 Å². The molecule has 0 bridgehead atoms. The number of nitrogens with two attached hydrogens (primary N) is 1. The van der Waals surface area contributed by atoms with Crippen molar-refractivity contribution in [1.82, 2.24) is 10.6 Å². The Hall–Kier alpha value is -0.650. The molecule has 1 unspecified atom stereocenters. The third kappa shape index (κ3) is 10.5. The molecule has 0 aliphatic carbocycles. The fourth-order valence-electron chi connectivity index (χ4n) is 1.61. The zero-order chi connectivity index (χ0) is 13.8. The molecule has 0 aromatic rings. The number of carbonyl (C=O) groups excluding carboxylic acids is 1. The van der Waals surface area contributed by atoms with Crippen molar-refractivity contribution in [1.29, 1.82) is 0 Å². The van der Waals surface area contributed by atoms with Crippen molar-refractivity contribution in [3.05, 3.63) is 0 Å². The van der Waals surface area contributed by atoms with Gasteiger partial charge in [-0.05, 0) is 25.3 Å². The number of hydrogen-bond donors (Lipinski definition) is 3. The minimum Gasteiger partial charge on any atom is -0.383 e. The fraction of sp³-hybridized carbons (Fsp3) is 0.923. The van der Waals surface area contributed by atoms with Crippen LogP contribution in [0.25, 0.3) is 0 Å². The van der Waals surface area contributed by atoms with Crippen LogP contribution in [0.15, 0.2) is 0 Å². The SMILES string of the molecule is COCC(CCCN)NCCC(=O)NCC(C)C. The van der Waals surface area contributed by atoms with Crippen molar-refractivity contribution < 1.29 is 9.53 Å². The first kappa shape index (κ1) is 17.4. The van der Waals surface area contributed by atoms with Crippen LogP contribution in [0.3, 0.4) is 0 Å². The molecule has 0 radical (unpaired) electrons. The van der Waals surface area contributed by atoms with Crippen LogP contribution < -0.4 is 16.4 Å². The lowest BCUT2D eigenvalue weighted by molar-refractivity contribution is -0.121. The Balaban J connectivity index is 3.66. The van der Waals surface area contributed by atoms with Crippen LogP contribution >= 0.6 is 0 Å². The van der Waals surface area contributed by atoms with Gasteiger partial charge in [0.25, 0.3) is 0 Å². The van der Waals surface area contributed by atoms with Crippen molar-refractivity contribution in [2.45, 2.75) is 39.2 Å². The maximum atomic E-state index is 11.5. The van der Waals surface area contributed by atoms with Gasteiger partial charge >= 0.3 is 0 Å². The molecule has 0 aliphatic rings. The van der Waals surface area contributed by atoms with E-state index in [1.165, 1.54) is 0 Å². The summed E-state index contributed by atoms with van der Waals surface area (Å²) in [7, 11) is 1.69. The number of methoxy groups -OCH3 is 1. The maximum Gasteiger partial charge on any atom is 0.221 e. The number of ether oxygens (including phenoxy) is 1. The smallest absolute Gasteiger partial charge is 0.221 e. The van der Waals surface area contributed by atoms with E-state index in [2.05, 4.69) is 24.5 Å². The third-order valence-electron chi connectivity index (χ3n) is 2.62. The Morgan fingerprint density at radius 1 is 1.39 bits per heavy atom. The molecular weight excluding hydrogens is 230 g/mol. The minimum absolute atomic E-state index is 0.103. The lowest BCUT2D eigenvalue weighted by Crippen LogP contribution is -2.37. The molecule has 108 valence electrons. The van der Waals surface area contributed by atoms with Crippen molar-refractivity contribution in [3.63, 3.8) is 0 Å². The summed E-state index contributed by atoms with van der Waals surface area (Å²) in [6, 6.07) is 0.288. The molecule has 0 heterocycles. The monoisotopic (exact) mass is 259 g/mol. The quantitative estimate of drug-likeness (QED) is 0.505. The number of amides is 1. The molecule has 5 heteroatoms. The molecule has 0 aromatic carbocycles. The third-order valence-corrected chi connectivity index (χ3v) is 2.62. The van der Waals surface area contributed by atoms with Gasteiger partial charge < -0.3 is 21.1 Å². The molecule has 0 rings (SSSR count). The highest BCUT2D eigenvalue weighted by Gasteiger charge is 2.08. The van der Waals surface area contributed by atoms with Crippen molar-refractivity contribution >= 4 is 5.91 Å². The average Bonchev–Trinajstić information content (AvgIpc) is 2.33. The topological polar surface area (TPSA) is 76.4 Å². The Morgan fingerprint density at radius 2 is 2.11 bits per heavy atom. The Bertz CT molecular complexity index is 210. The first-order valence-electron chi connectivity index (χ1n) is 6.79. The van der Waals surface area contributed by atoms with E-state index in [9.17, 15) is 4.79 Å². The van der Waals surface area contributed by atoms with Gasteiger partial charge in [-0.3, -0.25) is 4.79 Å². The van der Waals surface area contributed by atoms with E-state index in [1.54, 1.807) is 7.11 Å². The number of nitrogens with one attached hydrogen (secondary N) is 2. The second-order valence-corrected chi connectivity index (χ2v) is 4.99. The lowest BCUT2D eigenvalue weighted by Gasteiger charge is -2.17. The molecule has 1 atom stereocenters. The van der Waals surface area contributed by atoms with Crippen molar-refractivity contribution in [2.24, 2.45) is 11.7 Å². The summed E-state index contributed by atoms with van der Waals surface area (Å²) in [5, 5.41) is 6.23. The molecule has 4 N–H and O–H groups in total. The summed E-state index contributed by atoms with van der Waals surface area (Å²) < 4.78 is 5.13. The van der Waals surface area contributed by atoms with Gasteiger partial charge in [-0.2, -0.15) is 0 Å². The number of rotatable bonds is 11. The normalized spacial score (nSPS) is 12.7. The van der Waals surface area contributed by atoms with Crippen LogP contribution in [0.2, 0.25) is 0 Å². The molecule has 1 amide bonds.